The average Bonchev–Trinajstić information content (AvgIpc) is 2.37. The van der Waals surface area contributed by atoms with Gasteiger partial charge in [-0.05, 0) is 49.2 Å². The molecule has 21 heavy (non-hydrogen) atoms. The summed E-state index contributed by atoms with van der Waals surface area (Å²) in [4.78, 5) is 12.5. The summed E-state index contributed by atoms with van der Waals surface area (Å²) in [6.45, 7) is 3.55. The standard InChI is InChI=1S/C16H15FN2OS/c1-9-4-3-5-13(14(9)15(18)21)19-16(20)12-7-6-11(17)8-10(12)2/h3-8H,1-2H3,(H2,18,21)(H,19,20). The van der Waals surface area contributed by atoms with Crippen LogP contribution in [0.25, 0.3) is 0 Å². The largest absolute Gasteiger partial charge is 0.389 e. The van der Waals surface area contributed by atoms with E-state index in [1.807, 2.05) is 19.1 Å². The second-order valence-corrected chi connectivity index (χ2v) is 5.21. The van der Waals surface area contributed by atoms with Gasteiger partial charge in [-0.1, -0.05) is 24.4 Å². The molecule has 0 radical (unpaired) electrons. The van der Waals surface area contributed by atoms with E-state index in [1.165, 1.54) is 18.2 Å². The van der Waals surface area contributed by atoms with E-state index in [0.29, 0.717) is 22.4 Å². The third-order valence-corrected chi connectivity index (χ3v) is 3.40. The molecule has 0 bridgehead atoms. The number of rotatable bonds is 3. The minimum Gasteiger partial charge on any atom is -0.389 e. The SMILES string of the molecule is Cc1cc(F)ccc1C(=O)Nc1cccc(C)c1C(N)=S. The summed E-state index contributed by atoms with van der Waals surface area (Å²) >= 11 is 5.03. The molecule has 3 N–H and O–H groups in total. The van der Waals surface area contributed by atoms with Crippen LogP contribution in [-0.4, -0.2) is 10.9 Å². The van der Waals surface area contributed by atoms with Gasteiger partial charge in [0.1, 0.15) is 10.8 Å². The van der Waals surface area contributed by atoms with Gasteiger partial charge < -0.3 is 11.1 Å². The lowest BCUT2D eigenvalue weighted by atomic mass is 10.0. The molecule has 5 heteroatoms. The van der Waals surface area contributed by atoms with Crippen LogP contribution < -0.4 is 11.1 Å². The van der Waals surface area contributed by atoms with Crippen LogP contribution in [0.1, 0.15) is 27.0 Å². The monoisotopic (exact) mass is 302 g/mol. The lowest BCUT2D eigenvalue weighted by Gasteiger charge is -2.13. The molecule has 0 atom stereocenters. The van der Waals surface area contributed by atoms with Gasteiger partial charge in [-0.25, -0.2) is 4.39 Å². The molecular weight excluding hydrogens is 287 g/mol. The molecule has 0 aliphatic rings. The number of nitrogens with two attached hydrogens (primary N) is 1. The molecule has 1 amide bonds. The number of hydrogen-bond donors (Lipinski definition) is 2. The van der Waals surface area contributed by atoms with Crippen LogP contribution in [-0.2, 0) is 0 Å². The zero-order chi connectivity index (χ0) is 15.6. The topological polar surface area (TPSA) is 55.1 Å². The van der Waals surface area contributed by atoms with Gasteiger partial charge >= 0.3 is 0 Å². The maximum absolute atomic E-state index is 13.1. The van der Waals surface area contributed by atoms with E-state index >= 15 is 0 Å². The molecule has 3 nitrogen and oxygen atoms in total. The predicted octanol–water partition coefficient (Wildman–Crippen LogP) is 3.33. The number of thiocarbonyl (C=S) groups is 1. The van der Waals surface area contributed by atoms with Crippen LogP contribution in [0.4, 0.5) is 10.1 Å². The number of anilines is 1. The fraction of sp³-hybridized carbons (Fsp3) is 0.125. The molecule has 108 valence electrons. The number of halogens is 1. The third kappa shape index (κ3) is 3.25. The molecule has 2 aromatic rings. The van der Waals surface area contributed by atoms with Gasteiger partial charge in [0.15, 0.2) is 0 Å². The molecule has 0 fully saturated rings. The highest BCUT2D eigenvalue weighted by atomic mass is 32.1. The molecule has 0 unspecified atom stereocenters. The Labute approximate surface area is 128 Å². The molecule has 2 aromatic carbocycles. The van der Waals surface area contributed by atoms with E-state index in [4.69, 9.17) is 18.0 Å². The van der Waals surface area contributed by atoms with E-state index < -0.39 is 0 Å². The van der Waals surface area contributed by atoms with Crippen LogP contribution in [0, 0.1) is 19.7 Å². The van der Waals surface area contributed by atoms with Gasteiger partial charge in [0.2, 0.25) is 0 Å². The zero-order valence-electron chi connectivity index (χ0n) is 11.7. The highest BCUT2D eigenvalue weighted by Crippen LogP contribution is 2.21. The van der Waals surface area contributed by atoms with Crippen molar-refractivity contribution in [3.8, 4) is 0 Å². The first kappa shape index (κ1) is 15.1. The molecule has 0 spiro atoms. The number of benzene rings is 2. The summed E-state index contributed by atoms with van der Waals surface area (Å²) in [5.41, 5.74) is 8.76. The van der Waals surface area contributed by atoms with E-state index in [9.17, 15) is 9.18 Å². The average molecular weight is 302 g/mol. The van der Waals surface area contributed by atoms with Gasteiger partial charge in [-0.3, -0.25) is 4.79 Å². The quantitative estimate of drug-likeness (QED) is 0.855. The van der Waals surface area contributed by atoms with Gasteiger partial charge in [0.05, 0.1) is 5.69 Å². The Morgan fingerprint density at radius 1 is 1.19 bits per heavy atom. The van der Waals surface area contributed by atoms with Crippen LogP contribution >= 0.6 is 12.2 Å². The lowest BCUT2D eigenvalue weighted by Crippen LogP contribution is -2.19. The third-order valence-electron chi connectivity index (χ3n) is 3.20. The Hall–Kier alpha value is -2.27. The number of carbonyl (C=O) groups is 1. The van der Waals surface area contributed by atoms with Gasteiger partial charge in [-0.15, -0.1) is 0 Å². The number of aryl methyl sites for hydroxylation is 2. The summed E-state index contributed by atoms with van der Waals surface area (Å²) in [5.74, 6) is -0.695. The Bertz CT molecular complexity index is 728. The molecule has 2 rings (SSSR count). The summed E-state index contributed by atoms with van der Waals surface area (Å²) in [6, 6.07) is 9.44. The Balaban J connectivity index is 2.36. The van der Waals surface area contributed by atoms with Gasteiger partial charge in [0.25, 0.3) is 5.91 Å². The molecule has 0 aliphatic heterocycles. The number of carbonyl (C=O) groups excluding carboxylic acids is 1. The Morgan fingerprint density at radius 3 is 2.52 bits per heavy atom. The Morgan fingerprint density at radius 2 is 1.90 bits per heavy atom. The molecule has 0 aromatic heterocycles. The van der Waals surface area contributed by atoms with Crippen LogP contribution in [0.2, 0.25) is 0 Å². The van der Waals surface area contributed by atoms with Crippen molar-refractivity contribution in [3.63, 3.8) is 0 Å². The Kier molecular flexibility index (Phi) is 4.33. The van der Waals surface area contributed by atoms with Crippen molar-refractivity contribution < 1.29 is 9.18 Å². The first-order valence-electron chi connectivity index (χ1n) is 6.37. The van der Waals surface area contributed by atoms with Gasteiger partial charge in [-0.2, -0.15) is 0 Å². The van der Waals surface area contributed by atoms with Crippen molar-refractivity contribution in [2.24, 2.45) is 5.73 Å². The molecular formula is C16H15FN2OS. The van der Waals surface area contributed by atoms with Gasteiger partial charge in [0, 0.05) is 11.1 Å². The summed E-state index contributed by atoms with van der Waals surface area (Å²) in [5, 5.41) is 2.78. The number of nitrogens with one attached hydrogen (secondary N) is 1. The fourth-order valence-corrected chi connectivity index (χ4v) is 2.44. The van der Waals surface area contributed by atoms with Crippen molar-refractivity contribution in [2.45, 2.75) is 13.8 Å². The van der Waals surface area contributed by atoms with Crippen molar-refractivity contribution in [1.82, 2.24) is 0 Å². The normalized spacial score (nSPS) is 10.2. The summed E-state index contributed by atoms with van der Waals surface area (Å²) in [7, 11) is 0. The van der Waals surface area contributed by atoms with E-state index in [2.05, 4.69) is 5.32 Å². The predicted molar refractivity (Wildman–Crippen MR) is 86.2 cm³/mol. The van der Waals surface area contributed by atoms with E-state index in [-0.39, 0.29) is 16.7 Å². The first-order chi connectivity index (χ1) is 9.90. The lowest BCUT2D eigenvalue weighted by molar-refractivity contribution is 0.102. The molecule has 0 saturated heterocycles. The van der Waals surface area contributed by atoms with Crippen molar-refractivity contribution >= 4 is 28.8 Å². The highest BCUT2D eigenvalue weighted by molar-refractivity contribution is 7.80. The zero-order valence-corrected chi connectivity index (χ0v) is 12.6. The van der Waals surface area contributed by atoms with E-state index in [0.717, 1.165) is 5.56 Å². The second kappa shape index (κ2) is 6.01. The maximum atomic E-state index is 13.1. The van der Waals surface area contributed by atoms with E-state index in [1.54, 1.807) is 13.0 Å². The molecule has 0 aliphatic carbocycles. The van der Waals surface area contributed by atoms with Crippen LogP contribution in [0.15, 0.2) is 36.4 Å². The second-order valence-electron chi connectivity index (χ2n) is 4.78. The fourth-order valence-electron chi connectivity index (χ4n) is 2.17. The molecule has 0 heterocycles. The summed E-state index contributed by atoms with van der Waals surface area (Å²) in [6.07, 6.45) is 0. The first-order valence-corrected chi connectivity index (χ1v) is 6.78. The van der Waals surface area contributed by atoms with Crippen molar-refractivity contribution in [1.29, 1.82) is 0 Å². The smallest absolute Gasteiger partial charge is 0.255 e. The van der Waals surface area contributed by atoms with Crippen LogP contribution in [0.5, 0.6) is 0 Å². The summed E-state index contributed by atoms with van der Waals surface area (Å²) < 4.78 is 13.1. The number of hydrogen-bond acceptors (Lipinski definition) is 2. The number of amides is 1. The maximum Gasteiger partial charge on any atom is 0.255 e. The van der Waals surface area contributed by atoms with Crippen molar-refractivity contribution in [2.75, 3.05) is 5.32 Å². The minimum atomic E-state index is -0.372. The highest BCUT2D eigenvalue weighted by Gasteiger charge is 2.14. The minimum absolute atomic E-state index is 0.222. The van der Waals surface area contributed by atoms with Crippen molar-refractivity contribution in [3.05, 3.63) is 64.5 Å². The molecule has 0 saturated carbocycles. The van der Waals surface area contributed by atoms with Crippen LogP contribution in [0.3, 0.4) is 0 Å².